The third kappa shape index (κ3) is 47.7. The van der Waals surface area contributed by atoms with Gasteiger partial charge in [0.05, 0.1) is 0 Å². The van der Waals surface area contributed by atoms with Crippen molar-refractivity contribution in [2.45, 2.75) is 245 Å². The predicted octanol–water partition coefficient (Wildman–Crippen LogP) is 16.6. The zero-order valence-corrected chi connectivity index (χ0v) is 39.9. The van der Waals surface area contributed by atoms with Crippen LogP contribution in [0.5, 0.6) is 0 Å². The zero-order valence-electron chi connectivity index (χ0n) is 39.9. The predicted molar refractivity (Wildman–Crippen MR) is 261 cm³/mol. The van der Waals surface area contributed by atoms with Crippen molar-refractivity contribution >= 4 is 17.9 Å². The van der Waals surface area contributed by atoms with Gasteiger partial charge in [-0.2, -0.15) is 0 Å². The molecule has 6 heteroatoms. The number of carbonyl (C=O) groups excluding carboxylic acids is 3. The van der Waals surface area contributed by atoms with Gasteiger partial charge in [0.25, 0.3) is 0 Å². The van der Waals surface area contributed by atoms with E-state index in [0.29, 0.717) is 19.3 Å². The number of hydrogen-bond donors (Lipinski definition) is 0. The van der Waals surface area contributed by atoms with E-state index in [2.05, 4.69) is 57.2 Å². The molecule has 0 saturated heterocycles. The molecule has 0 aromatic carbocycles. The standard InChI is InChI=1S/C55H94O6/c1-4-7-10-13-16-19-22-25-27-28-31-33-36-39-42-45-48-54(57)60-51-52(50-59-53(56)47-44-41-38-35-32-29-24-21-18-15-12-9-6-3)61-55(58)49-46-43-40-37-34-30-26-23-20-17-14-11-8-5-2/h8-9,11-12,15,17-18,20-21,24,29,32,52H,4-7,10,13-14,16,19,22-23,25-28,30-31,33-51H2,1-3H3/b11-8-,12-9-,18-15-,20-17-,24-21-,32-29-. The fourth-order valence-corrected chi connectivity index (χ4v) is 7.02. The summed E-state index contributed by atoms with van der Waals surface area (Å²) in [5.74, 6) is -0.936. The van der Waals surface area contributed by atoms with Crippen molar-refractivity contribution in [2.24, 2.45) is 0 Å². The highest BCUT2D eigenvalue weighted by atomic mass is 16.6. The van der Waals surface area contributed by atoms with Gasteiger partial charge in [0, 0.05) is 19.3 Å². The number of ether oxygens (including phenoxy) is 3. The van der Waals surface area contributed by atoms with Crippen LogP contribution in [0.2, 0.25) is 0 Å². The van der Waals surface area contributed by atoms with E-state index in [9.17, 15) is 14.4 Å². The second-order valence-corrected chi connectivity index (χ2v) is 16.8. The van der Waals surface area contributed by atoms with Crippen molar-refractivity contribution in [3.05, 3.63) is 72.9 Å². The molecule has 6 nitrogen and oxygen atoms in total. The van der Waals surface area contributed by atoms with Gasteiger partial charge in [0.15, 0.2) is 6.10 Å². The quantitative estimate of drug-likeness (QED) is 0.0200. The lowest BCUT2D eigenvalue weighted by Crippen LogP contribution is -2.30. The molecule has 350 valence electrons. The Kier molecular flexibility index (Phi) is 46.9. The molecule has 1 unspecified atom stereocenters. The molecule has 0 aromatic heterocycles. The molecule has 0 radical (unpaired) electrons. The lowest BCUT2D eigenvalue weighted by Gasteiger charge is -2.18. The van der Waals surface area contributed by atoms with E-state index in [-0.39, 0.29) is 31.1 Å². The van der Waals surface area contributed by atoms with Gasteiger partial charge in [0.1, 0.15) is 13.2 Å². The lowest BCUT2D eigenvalue weighted by atomic mass is 10.0. The van der Waals surface area contributed by atoms with E-state index in [1.165, 1.54) is 109 Å². The van der Waals surface area contributed by atoms with Gasteiger partial charge < -0.3 is 14.2 Å². The van der Waals surface area contributed by atoms with Crippen LogP contribution >= 0.6 is 0 Å². The fraction of sp³-hybridized carbons (Fsp3) is 0.727. The molecule has 0 rings (SSSR count). The van der Waals surface area contributed by atoms with Gasteiger partial charge in [-0.3, -0.25) is 14.4 Å². The molecule has 0 aromatic rings. The minimum atomic E-state index is -0.793. The van der Waals surface area contributed by atoms with Crippen LogP contribution in [0.15, 0.2) is 72.9 Å². The van der Waals surface area contributed by atoms with Gasteiger partial charge in [-0.05, 0) is 64.2 Å². The molecule has 0 bridgehead atoms. The maximum absolute atomic E-state index is 12.8. The summed E-state index contributed by atoms with van der Waals surface area (Å²) in [7, 11) is 0. The maximum Gasteiger partial charge on any atom is 0.306 e. The Hall–Kier alpha value is -3.15. The van der Waals surface area contributed by atoms with Crippen molar-refractivity contribution in [2.75, 3.05) is 13.2 Å². The number of allylic oxidation sites excluding steroid dienone is 12. The van der Waals surface area contributed by atoms with Crippen LogP contribution in [0.4, 0.5) is 0 Å². The summed E-state index contributed by atoms with van der Waals surface area (Å²) < 4.78 is 16.8. The van der Waals surface area contributed by atoms with Gasteiger partial charge >= 0.3 is 17.9 Å². The van der Waals surface area contributed by atoms with E-state index < -0.39 is 6.10 Å². The topological polar surface area (TPSA) is 78.9 Å². The molecule has 0 fully saturated rings. The van der Waals surface area contributed by atoms with Gasteiger partial charge in [-0.25, -0.2) is 0 Å². The van der Waals surface area contributed by atoms with E-state index in [1.807, 2.05) is 36.5 Å². The average Bonchev–Trinajstić information content (AvgIpc) is 3.26. The van der Waals surface area contributed by atoms with Crippen molar-refractivity contribution in [1.29, 1.82) is 0 Å². The first kappa shape index (κ1) is 57.9. The first-order valence-electron chi connectivity index (χ1n) is 25.5. The number of unbranched alkanes of at least 4 members (excludes halogenated alkanes) is 25. The zero-order chi connectivity index (χ0) is 44.4. The molecule has 0 aliphatic heterocycles. The summed E-state index contributed by atoms with van der Waals surface area (Å²) in [6.07, 6.45) is 61.7. The summed E-state index contributed by atoms with van der Waals surface area (Å²) in [4.78, 5) is 37.9. The van der Waals surface area contributed by atoms with Crippen LogP contribution in [0.25, 0.3) is 0 Å². The molecule has 0 heterocycles. The van der Waals surface area contributed by atoms with Crippen LogP contribution in [0.1, 0.15) is 239 Å². The molecule has 0 spiro atoms. The minimum absolute atomic E-state index is 0.0899. The van der Waals surface area contributed by atoms with E-state index in [0.717, 1.165) is 89.9 Å². The van der Waals surface area contributed by atoms with Crippen LogP contribution in [-0.2, 0) is 28.6 Å². The van der Waals surface area contributed by atoms with E-state index >= 15 is 0 Å². The number of rotatable bonds is 45. The van der Waals surface area contributed by atoms with Crippen LogP contribution in [-0.4, -0.2) is 37.2 Å². The average molecular weight is 851 g/mol. The SMILES string of the molecule is CC\C=C/C=C\C=C/C=C\CCCCCC(=O)OCC(COC(=O)CCCCCCCCCCCCCCCCCC)OC(=O)CCCCCCCCC/C=C\C/C=C\CC. The third-order valence-corrected chi connectivity index (χ3v) is 10.8. The summed E-state index contributed by atoms with van der Waals surface area (Å²) in [6.45, 7) is 6.36. The Balaban J connectivity index is 4.42. The highest BCUT2D eigenvalue weighted by Gasteiger charge is 2.19. The summed E-state index contributed by atoms with van der Waals surface area (Å²) in [6, 6.07) is 0. The first-order valence-corrected chi connectivity index (χ1v) is 25.5. The largest absolute Gasteiger partial charge is 0.462 e. The van der Waals surface area contributed by atoms with Crippen molar-refractivity contribution in [3.63, 3.8) is 0 Å². The Morgan fingerprint density at radius 1 is 0.361 bits per heavy atom. The highest BCUT2D eigenvalue weighted by molar-refractivity contribution is 5.71. The molecule has 61 heavy (non-hydrogen) atoms. The minimum Gasteiger partial charge on any atom is -0.462 e. The van der Waals surface area contributed by atoms with Crippen LogP contribution < -0.4 is 0 Å². The fourth-order valence-electron chi connectivity index (χ4n) is 7.02. The molecule has 0 amide bonds. The summed E-state index contributed by atoms with van der Waals surface area (Å²) in [5, 5.41) is 0. The normalized spacial score (nSPS) is 12.6. The smallest absolute Gasteiger partial charge is 0.306 e. The molecular formula is C55H94O6. The Bertz CT molecular complexity index is 1160. The molecule has 1 atom stereocenters. The summed E-state index contributed by atoms with van der Waals surface area (Å²) in [5.41, 5.74) is 0. The van der Waals surface area contributed by atoms with Crippen LogP contribution in [0.3, 0.4) is 0 Å². The molecule has 0 aliphatic rings. The Morgan fingerprint density at radius 3 is 1.20 bits per heavy atom. The molecular weight excluding hydrogens is 757 g/mol. The van der Waals surface area contributed by atoms with Crippen molar-refractivity contribution < 1.29 is 28.6 Å². The van der Waals surface area contributed by atoms with Gasteiger partial charge in [-0.15, -0.1) is 0 Å². The number of esters is 3. The monoisotopic (exact) mass is 851 g/mol. The van der Waals surface area contributed by atoms with Gasteiger partial charge in [0.2, 0.25) is 0 Å². The van der Waals surface area contributed by atoms with Crippen LogP contribution in [0, 0.1) is 0 Å². The highest BCUT2D eigenvalue weighted by Crippen LogP contribution is 2.15. The first-order chi connectivity index (χ1) is 30.0. The maximum atomic E-state index is 12.8. The van der Waals surface area contributed by atoms with Crippen molar-refractivity contribution in [1.82, 2.24) is 0 Å². The second kappa shape index (κ2) is 49.5. The second-order valence-electron chi connectivity index (χ2n) is 16.8. The number of carbonyl (C=O) groups is 3. The Morgan fingerprint density at radius 2 is 0.721 bits per heavy atom. The molecule has 0 N–H and O–H groups in total. The molecule has 0 saturated carbocycles. The van der Waals surface area contributed by atoms with Crippen molar-refractivity contribution in [3.8, 4) is 0 Å². The Labute approximate surface area is 376 Å². The van der Waals surface area contributed by atoms with E-state index in [4.69, 9.17) is 14.2 Å². The lowest BCUT2D eigenvalue weighted by molar-refractivity contribution is -0.167. The number of hydrogen-bond acceptors (Lipinski definition) is 6. The molecule has 0 aliphatic carbocycles. The van der Waals surface area contributed by atoms with E-state index in [1.54, 1.807) is 0 Å². The van der Waals surface area contributed by atoms with Gasteiger partial charge in [-0.1, -0.05) is 229 Å². The summed E-state index contributed by atoms with van der Waals surface area (Å²) >= 11 is 0. The third-order valence-electron chi connectivity index (χ3n) is 10.8.